The molecule has 0 spiro atoms. The van der Waals surface area contributed by atoms with Gasteiger partial charge in [-0.05, 0) is 36.6 Å². The first-order valence-corrected chi connectivity index (χ1v) is 10.2. The van der Waals surface area contributed by atoms with Crippen LogP contribution in [0.5, 0.6) is 5.75 Å². The van der Waals surface area contributed by atoms with E-state index in [1.165, 1.54) is 6.21 Å². The van der Waals surface area contributed by atoms with Gasteiger partial charge in [-0.2, -0.15) is 5.10 Å². The predicted molar refractivity (Wildman–Crippen MR) is 100 cm³/mol. The highest BCUT2D eigenvalue weighted by atomic mass is 35.5. The van der Waals surface area contributed by atoms with Gasteiger partial charge in [0.2, 0.25) is 5.91 Å². The number of nitrogens with one attached hydrogen (secondary N) is 1. The van der Waals surface area contributed by atoms with Crippen LogP contribution in [0.25, 0.3) is 10.9 Å². The van der Waals surface area contributed by atoms with Gasteiger partial charge < -0.3 is 4.74 Å². The number of hydrogen-bond donors (Lipinski definition) is 1. The molecule has 1 aromatic heterocycles. The third kappa shape index (κ3) is 4.50. The summed E-state index contributed by atoms with van der Waals surface area (Å²) in [6.07, 6.45) is 2.07. The van der Waals surface area contributed by atoms with E-state index in [9.17, 15) is 13.2 Å². The minimum atomic E-state index is -2.99. The first kappa shape index (κ1) is 18.6. The van der Waals surface area contributed by atoms with Gasteiger partial charge in [-0.15, -0.1) is 0 Å². The molecule has 1 amide bonds. The molecule has 1 saturated heterocycles. The van der Waals surface area contributed by atoms with Gasteiger partial charge in [-0.3, -0.25) is 4.79 Å². The number of fused-ring (bicyclic) bond motifs is 1. The Bertz CT molecular complexity index is 975. The molecule has 0 bridgehead atoms. The number of aromatic nitrogens is 1. The zero-order chi connectivity index (χ0) is 18.7. The number of carbonyl (C=O) groups is 1. The number of ether oxygens (including phenoxy) is 1. The van der Waals surface area contributed by atoms with Crippen molar-refractivity contribution in [3.05, 3.63) is 35.0 Å². The minimum absolute atomic E-state index is 0.0619. The maximum atomic E-state index is 11.9. The lowest BCUT2D eigenvalue weighted by molar-refractivity contribution is -0.121. The molecule has 9 heteroatoms. The number of halogens is 1. The fraction of sp³-hybridized carbons (Fsp3) is 0.353. The maximum Gasteiger partial charge on any atom is 0.240 e. The highest BCUT2D eigenvalue weighted by Crippen LogP contribution is 2.24. The molecule has 1 N–H and O–H groups in total. The van der Waals surface area contributed by atoms with E-state index in [0.717, 1.165) is 10.9 Å². The Labute approximate surface area is 156 Å². The number of sulfone groups is 1. The summed E-state index contributed by atoms with van der Waals surface area (Å²) in [6, 6.07) is 7.22. The van der Waals surface area contributed by atoms with E-state index in [2.05, 4.69) is 15.5 Å². The number of hydrogen-bond acceptors (Lipinski definition) is 6. The molecule has 1 aliphatic rings. The zero-order valence-electron chi connectivity index (χ0n) is 14.1. The SMILES string of the molecule is COc1ccc2nc(Cl)c(/C=N\NC(=O)C[C@@H]3CCS(=O)(=O)C3)cc2c1. The highest BCUT2D eigenvalue weighted by molar-refractivity contribution is 7.91. The van der Waals surface area contributed by atoms with Crippen molar-refractivity contribution >= 4 is 44.5 Å². The fourth-order valence-electron chi connectivity index (χ4n) is 2.88. The quantitative estimate of drug-likeness (QED) is 0.475. The molecule has 1 fully saturated rings. The lowest BCUT2D eigenvalue weighted by Gasteiger charge is -2.06. The van der Waals surface area contributed by atoms with Gasteiger partial charge >= 0.3 is 0 Å². The molecule has 3 rings (SSSR count). The van der Waals surface area contributed by atoms with Crippen LogP contribution in [0, 0.1) is 5.92 Å². The number of hydrazone groups is 1. The Morgan fingerprint density at radius 1 is 1.46 bits per heavy atom. The Morgan fingerprint density at radius 3 is 2.96 bits per heavy atom. The second-order valence-corrected chi connectivity index (χ2v) is 8.78. The molecule has 1 aromatic carbocycles. The molecular formula is C17H18ClN3O4S. The molecule has 1 aliphatic heterocycles. The van der Waals surface area contributed by atoms with Crippen LogP contribution in [-0.4, -0.2) is 44.1 Å². The summed E-state index contributed by atoms with van der Waals surface area (Å²) >= 11 is 6.15. The van der Waals surface area contributed by atoms with E-state index in [1.54, 1.807) is 25.3 Å². The van der Waals surface area contributed by atoms with Gasteiger partial charge in [0.25, 0.3) is 0 Å². The average molecular weight is 396 g/mol. The summed E-state index contributed by atoms with van der Waals surface area (Å²) in [7, 11) is -1.41. The van der Waals surface area contributed by atoms with Crippen LogP contribution in [0.2, 0.25) is 5.15 Å². The van der Waals surface area contributed by atoms with E-state index in [4.69, 9.17) is 16.3 Å². The van der Waals surface area contributed by atoms with E-state index in [-0.39, 0.29) is 34.9 Å². The van der Waals surface area contributed by atoms with Crippen LogP contribution in [0.15, 0.2) is 29.4 Å². The number of benzene rings is 1. The van der Waals surface area contributed by atoms with Crippen molar-refractivity contribution < 1.29 is 17.9 Å². The van der Waals surface area contributed by atoms with Crippen LogP contribution in [0.1, 0.15) is 18.4 Å². The summed E-state index contributed by atoms with van der Waals surface area (Å²) in [5, 5.41) is 5.00. The summed E-state index contributed by atoms with van der Waals surface area (Å²) < 4.78 is 28.0. The molecule has 0 unspecified atom stereocenters. The zero-order valence-corrected chi connectivity index (χ0v) is 15.7. The van der Waals surface area contributed by atoms with Crippen molar-refractivity contribution in [2.75, 3.05) is 18.6 Å². The summed E-state index contributed by atoms with van der Waals surface area (Å²) in [6.45, 7) is 0. The lowest BCUT2D eigenvalue weighted by Crippen LogP contribution is -2.21. The van der Waals surface area contributed by atoms with Crippen molar-refractivity contribution in [1.82, 2.24) is 10.4 Å². The lowest BCUT2D eigenvalue weighted by atomic mass is 10.1. The van der Waals surface area contributed by atoms with E-state index in [1.807, 2.05) is 6.07 Å². The van der Waals surface area contributed by atoms with Crippen LogP contribution in [0.4, 0.5) is 0 Å². The normalized spacial score (nSPS) is 19.1. The van der Waals surface area contributed by atoms with Crippen LogP contribution >= 0.6 is 11.6 Å². The summed E-state index contributed by atoms with van der Waals surface area (Å²) in [5.74, 6) is 0.440. The van der Waals surface area contributed by atoms with Crippen LogP contribution in [0.3, 0.4) is 0 Å². The molecule has 1 atom stereocenters. The maximum absolute atomic E-state index is 11.9. The molecule has 0 saturated carbocycles. The van der Waals surface area contributed by atoms with Crippen molar-refractivity contribution in [1.29, 1.82) is 0 Å². The predicted octanol–water partition coefficient (Wildman–Crippen LogP) is 2.17. The third-order valence-electron chi connectivity index (χ3n) is 4.20. The van der Waals surface area contributed by atoms with E-state index in [0.29, 0.717) is 17.7 Å². The van der Waals surface area contributed by atoms with E-state index >= 15 is 0 Å². The smallest absolute Gasteiger partial charge is 0.240 e. The molecule has 2 heterocycles. The Morgan fingerprint density at radius 2 is 2.27 bits per heavy atom. The summed E-state index contributed by atoms with van der Waals surface area (Å²) in [4.78, 5) is 16.2. The van der Waals surface area contributed by atoms with Gasteiger partial charge in [-0.25, -0.2) is 18.8 Å². The molecule has 26 heavy (non-hydrogen) atoms. The first-order chi connectivity index (χ1) is 12.4. The molecule has 0 radical (unpaired) electrons. The number of nitrogens with zero attached hydrogens (tertiary/aromatic N) is 2. The van der Waals surface area contributed by atoms with Crippen LogP contribution in [-0.2, 0) is 14.6 Å². The third-order valence-corrected chi connectivity index (χ3v) is 6.34. The van der Waals surface area contributed by atoms with Gasteiger partial charge in [0.15, 0.2) is 9.84 Å². The Hall–Kier alpha value is -2.19. The van der Waals surface area contributed by atoms with Crippen molar-refractivity contribution in [2.45, 2.75) is 12.8 Å². The van der Waals surface area contributed by atoms with Gasteiger partial charge in [-0.1, -0.05) is 11.6 Å². The molecule has 0 aliphatic carbocycles. The molecule has 7 nitrogen and oxygen atoms in total. The first-order valence-electron chi connectivity index (χ1n) is 8.03. The number of methoxy groups -OCH3 is 1. The second-order valence-electron chi connectivity index (χ2n) is 6.19. The topological polar surface area (TPSA) is 97.7 Å². The summed E-state index contributed by atoms with van der Waals surface area (Å²) in [5.41, 5.74) is 3.68. The van der Waals surface area contributed by atoms with Gasteiger partial charge in [0, 0.05) is 17.4 Å². The average Bonchev–Trinajstić information content (AvgIpc) is 2.93. The second kappa shape index (κ2) is 7.59. The van der Waals surface area contributed by atoms with Gasteiger partial charge in [0.05, 0.1) is 30.3 Å². The highest BCUT2D eigenvalue weighted by Gasteiger charge is 2.29. The molecule has 2 aromatic rings. The molecular weight excluding hydrogens is 378 g/mol. The Kier molecular flexibility index (Phi) is 5.43. The van der Waals surface area contributed by atoms with E-state index < -0.39 is 9.84 Å². The Balaban J connectivity index is 1.66. The number of amides is 1. The van der Waals surface area contributed by atoms with Gasteiger partial charge in [0.1, 0.15) is 10.9 Å². The number of pyridine rings is 1. The van der Waals surface area contributed by atoms with Crippen molar-refractivity contribution in [2.24, 2.45) is 11.0 Å². The van der Waals surface area contributed by atoms with Crippen LogP contribution < -0.4 is 10.2 Å². The number of rotatable bonds is 5. The molecule has 138 valence electrons. The van der Waals surface area contributed by atoms with Crippen molar-refractivity contribution in [3.8, 4) is 5.75 Å². The minimum Gasteiger partial charge on any atom is -0.497 e. The standard InChI is InChI=1S/C17H18ClN3O4S/c1-25-14-2-3-15-12(8-14)7-13(17(18)20-15)9-19-21-16(22)6-11-4-5-26(23,24)10-11/h2-3,7-9,11H,4-6,10H2,1H3,(H,21,22)/b19-9-/t11-/m0/s1. The monoisotopic (exact) mass is 395 g/mol. The number of carbonyl (C=O) groups excluding carboxylic acids is 1. The fourth-order valence-corrected chi connectivity index (χ4v) is 4.94. The largest absolute Gasteiger partial charge is 0.497 e. The van der Waals surface area contributed by atoms with Crippen molar-refractivity contribution in [3.63, 3.8) is 0 Å².